The van der Waals surface area contributed by atoms with Gasteiger partial charge in [-0.3, -0.25) is 4.79 Å². The smallest absolute Gasteiger partial charge is 0.241 e. The highest BCUT2D eigenvalue weighted by atomic mass is 16.3. The predicted octanol–water partition coefficient (Wildman–Crippen LogP) is 1.14. The molecule has 0 radical (unpaired) electrons. The van der Waals surface area contributed by atoms with Crippen LogP contribution in [0.15, 0.2) is 24.3 Å². The lowest BCUT2D eigenvalue weighted by Crippen LogP contribution is -2.42. The maximum Gasteiger partial charge on any atom is 0.241 e. The molecule has 2 rings (SSSR count). The average molecular weight is 248 g/mol. The van der Waals surface area contributed by atoms with Crippen LogP contribution in [0.2, 0.25) is 0 Å². The molecule has 1 atom stereocenters. The Morgan fingerprint density at radius 1 is 1.33 bits per heavy atom. The summed E-state index contributed by atoms with van der Waals surface area (Å²) in [7, 11) is 0. The quantitative estimate of drug-likeness (QED) is 0.843. The van der Waals surface area contributed by atoms with E-state index in [4.69, 9.17) is 0 Å². The first-order chi connectivity index (χ1) is 8.59. The highest BCUT2D eigenvalue weighted by molar-refractivity contribution is 5.96. The minimum atomic E-state index is -0.500. The number of anilines is 1. The molecule has 1 unspecified atom stereocenters. The third-order valence-corrected chi connectivity index (χ3v) is 3.31. The number of nitrogens with one attached hydrogen (secondary N) is 1. The van der Waals surface area contributed by atoms with E-state index in [1.54, 1.807) is 4.90 Å². The average Bonchev–Trinajstić information content (AvgIpc) is 2.50. The van der Waals surface area contributed by atoms with E-state index in [-0.39, 0.29) is 11.8 Å². The summed E-state index contributed by atoms with van der Waals surface area (Å²) in [4.78, 5) is 13.8. The molecule has 18 heavy (non-hydrogen) atoms. The van der Waals surface area contributed by atoms with Gasteiger partial charge in [0.2, 0.25) is 5.91 Å². The summed E-state index contributed by atoms with van der Waals surface area (Å²) in [6.45, 7) is 5.28. The van der Waals surface area contributed by atoms with E-state index in [1.165, 1.54) is 0 Å². The summed E-state index contributed by atoms with van der Waals surface area (Å²) < 4.78 is 0. The first-order valence-corrected chi connectivity index (χ1v) is 6.36. The van der Waals surface area contributed by atoms with E-state index in [1.807, 2.05) is 38.1 Å². The lowest BCUT2D eigenvalue weighted by Gasteiger charge is -2.26. The van der Waals surface area contributed by atoms with Crippen molar-refractivity contribution in [1.29, 1.82) is 0 Å². The van der Waals surface area contributed by atoms with Crippen molar-refractivity contribution in [3.05, 3.63) is 29.8 Å². The van der Waals surface area contributed by atoms with E-state index in [0.29, 0.717) is 19.6 Å². The van der Waals surface area contributed by atoms with Gasteiger partial charge in [0.1, 0.15) is 0 Å². The van der Waals surface area contributed by atoms with E-state index in [9.17, 15) is 9.90 Å². The minimum absolute atomic E-state index is 0.0136. The second-order valence-corrected chi connectivity index (χ2v) is 5.05. The van der Waals surface area contributed by atoms with Crippen LogP contribution in [-0.4, -0.2) is 30.2 Å². The lowest BCUT2D eigenvalue weighted by molar-refractivity contribution is -0.118. The molecule has 0 bridgehead atoms. The zero-order chi connectivity index (χ0) is 13.1. The molecule has 0 aliphatic carbocycles. The van der Waals surface area contributed by atoms with Gasteiger partial charge in [0.15, 0.2) is 0 Å². The number of carbonyl (C=O) groups is 1. The van der Waals surface area contributed by atoms with Crippen molar-refractivity contribution in [3.8, 4) is 0 Å². The van der Waals surface area contributed by atoms with Crippen LogP contribution in [0.25, 0.3) is 0 Å². The van der Waals surface area contributed by atoms with Crippen LogP contribution in [-0.2, 0) is 11.3 Å². The number of β-amino-alcohol motifs (C(OH)–C–C–N with tert-alkyl or cyclic N) is 1. The number of para-hydroxylation sites is 1. The second kappa shape index (κ2) is 5.50. The standard InChI is InChI=1S/C14H20N2O2/c1-10(2)13(17)9-16-12-6-4-3-5-11(12)7-15-8-14(16)18/h3-6,10,13,15,17H,7-9H2,1-2H3. The Hall–Kier alpha value is -1.39. The van der Waals surface area contributed by atoms with Crippen molar-refractivity contribution in [3.63, 3.8) is 0 Å². The fraction of sp³-hybridized carbons (Fsp3) is 0.500. The van der Waals surface area contributed by atoms with E-state index in [0.717, 1.165) is 11.3 Å². The molecule has 4 nitrogen and oxygen atoms in total. The molecule has 1 aromatic rings. The van der Waals surface area contributed by atoms with Crippen molar-refractivity contribution in [2.24, 2.45) is 5.92 Å². The number of benzene rings is 1. The molecule has 2 N–H and O–H groups in total. The molecular formula is C14H20N2O2. The van der Waals surface area contributed by atoms with E-state index < -0.39 is 6.10 Å². The fourth-order valence-electron chi connectivity index (χ4n) is 2.06. The molecule has 0 spiro atoms. The fourth-order valence-corrected chi connectivity index (χ4v) is 2.06. The number of aliphatic hydroxyl groups excluding tert-OH is 1. The summed E-state index contributed by atoms with van der Waals surface area (Å²) in [6.07, 6.45) is -0.500. The van der Waals surface area contributed by atoms with Gasteiger partial charge in [-0.2, -0.15) is 0 Å². The van der Waals surface area contributed by atoms with Gasteiger partial charge in [-0.1, -0.05) is 32.0 Å². The molecular weight excluding hydrogens is 228 g/mol. The van der Waals surface area contributed by atoms with Crippen LogP contribution in [0, 0.1) is 5.92 Å². The van der Waals surface area contributed by atoms with Crippen molar-refractivity contribution in [2.45, 2.75) is 26.5 Å². The van der Waals surface area contributed by atoms with Crippen LogP contribution in [0.3, 0.4) is 0 Å². The Morgan fingerprint density at radius 3 is 2.78 bits per heavy atom. The highest BCUT2D eigenvalue weighted by Gasteiger charge is 2.24. The molecule has 1 aliphatic rings. The Labute approximate surface area is 108 Å². The van der Waals surface area contributed by atoms with E-state index in [2.05, 4.69) is 5.32 Å². The minimum Gasteiger partial charge on any atom is -0.391 e. The van der Waals surface area contributed by atoms with Crippen molar-refractivity contribution in [2.75, 3.05) is 18.0 Å². The molecule has 1 aromatic carbocycles. The van der Waals surface area contributed by atoms with Gasteiger partial charge < -0.3 is 15.3 Å². The van der Waals surface area contributed by atoms with Crippen molar-refractivity contribution >= 4 is 11.6 Å². The largest absolute Gasteiger partial charge is 0.391 e. The van der Waals surface area contributed by atoms with Gasteiger partial charge in [-0.05, 0) is 17.5 Å². The Bertz CT molecular complexity index is 432. The number of amides is 1. The van der Waals surface area contributed by atoms with Crippen molar-refractivity contribution in [1.82, 2.24) is 5.32 Å². The Morgan fingerprint density at radius 2 is 2.06 bits per heavy atom. The van der Waals surface area contributed by atoms with Crippen LogP contribution in [0.4, 0.5) is 5.69 Å². The molecule has 98 valence electrons. The van der Waals surface area contributed by atoms with Gasteiger partial charge in [0.25, 0.3) is 0 Å². The van der Waals surface area contributed by atoms with Crippen LogP contribution in [0.5, 0.6) is 0 Å². The number of aliphatic hydroxyl groups is 1. The zero-order valence-corrected chi connectivity index (χ0v) is 10.9. The lowest BCUT2D eigenvalue weighted by atomic mass is 10.1. The zero-order valence-electron chi connectivity index (χ0n) is 10.9. The third-order valence-electron chi connectivity index (χ3n) is 3.31. The maximum atomic E-state index is 12.1. The molecule has 1 amide bonds. The summed E-state index contributed by atoms with van der Waals surface area (Å²) in [6, 6.07) is 7.84. The molecule has 1 aliphatic heterocycles. The third kappa shape index (κ3) is 2.71. The number of hydrogen-bond donors (Lipinski definition) is 2. The summed E-state index contributed by atoms with van der Waals surface area (Å²) >= 11 is 0. The van der Waals surface area contributed by atoms with Gasteiger partial charge in [-0.15, -0.1) is 0 Å². The number of hydrogen-bond acceptors (Lipinski definition) is 3. The molecule has 0 saturated carbocycles. The monoisotopic (exact) mass is 248 g/mol. The molecule has 0 aromatic heterocycles. The number of rotatable bonds is 3. The van der Waals surface area contributed by atoms with Gasteiger partial charge in [0, 0.05) is 12.2 Å². The predicted molar refractivity (Wildman–Crippen MR) is 71.3 cm³/mol. The van der Waals surface area contributed by atoms with Crippen molar-refractivity contribution < 1.29 is 9.90 Å². The van der Waals surface area contributed by atoms with Crippen LogP contribution >= 0.6 is 0 Å². The Kier molecular flexibility index (Phi) is 3.99. The normalized spacial score (nSPS) is 17.6. The van der Waals surface area contributed by atoms with Gasteiger partial charge in [-0.25, -0.2) is 0 Å². The molecule has 0 saturated heterocycles. The SMILES string of the molecule is CC(C)C(O)CN1C(=O)CNCc2ccccc21. The number of fused-ring (bicyclic) bond motifs is 1. The maximum absolute atomic E-state index is 12.1. The molecule has 1 heterocycles. The van der Waals surface area contributed by atoms with E-state index >= 15 is 0 Å². The van der Waals surface area contributed by atoms with Gasteiger partial charge >= 0.3 is 0 Å². The Balaban J connectivity index is 2.28. The van der Waals surface area contributed by atoms with Gasteiger partial charge in [0.05, 0.1) is 19.2 Å². The summed E-state index contributed by atoms with van der Waals surface area (Å²) in [5.74, 6) is 0.154. The summed E-state index contributed by atoms with van der Waals surface area (Å²) in [5, 5.41) is 13.1. The molecule has 4 heteroatoms. The summed E-state index contributed by atoms with van der Waals surface area (Å²) in [5.41, 5.74) is 2.01. The van der Waals surface area contributed by atoms with Crippen LogP contribution < -0.4 is 10.2 Å². The number of nitrogens with zero attached hydrogens (tertiary/aromatic N) is 1. The topological polar surface area (TPSA) is 52.6 Å². The highest BCUT2D eigenvalue weighted by Crippen LogP contribution is 2.23. The molecule has 0 fully saturated rings. The first-order valence-electron chi connectivity index (χ1n) is 6.36. The first kappa shape index (κ1) is 13.1. The second-order valence-electron chi connectivity index (χ2n) is 5.05. The number of carbonyl (C=O) groups excluding carboxylic acids is 1. The van der Waals surface area contributed by atoms with Crippen LogP contribution in [0.1, 0.15) is 19.4 Å².